The number of hydrogen-bond acceptors (Lipinski definition) is 4. The van der Waals surface area contributed by atoms with E-state index in [0.717, 1.165) is 19.3 Å². The van der Waals surface area contributed by atoms with Gasteiger partial charge < -0.3 is 5.73 Å². The minimum Gasteiger partial charge on any atom is -0.329 e. The van der Waals surface area contributed by atoms with E-state index in [-0.39, 0.29) is 16.6 Å². The molecule has 0 saturated carbocycles. The van der Waals surface area contributed by atoms with E-state index in [1.54, 1.807) is 18.2 Å². The smallest absolute Gasteiger partial charge is 0.246 e. The van der Waals surface area contributed by atoms with Crippen molar-refractivity contribution < 1.29 is 12.8 Å². The molecule has 6 nitrogen and oxygen atoms in total. The summed E-state index contributed by atoms with van der Waals surface area (Å²) >= 11 is 0. The number of piperidine rings is 1. The van der Waals surface area contributed by atoms with Gasteiger partial charge in [-0.2, -0.15) is 9.40 Å². The highest BCUT2D eigenvalue weighted by Crippen LogP contribution is 2.25. The Balaban J connectivity index is 1.94. The average Bonchev–Trinajstić information content (AvgIpc) is 3.06. The third-order valence-corrected chi connectivity index (χ3v) is 6.01. The molecular weight excluding hydrogens is 319 g/mol. The lowest BCUT2D eigenvalue weighted by atomic mass is 10.1. The Labute approximate surface area is 134 Å². The van der Waals surface area contributed by atoms with Crippen LogP contribution >= 0.6 is 0 Å². The number of aromatic nitrogens is 2. The van der Waals surface area contributed by atoms with Crippen LogP contribution in [0.2, 0.25) is 0 Å². The summed E-state index contributed by atoms with van der Waals surface area (Å²) in [4.78, 5) is 0.0566. The van der Waals surface area contributed by atoms with E-state index in [1.807, 2.05) is 0 Å². The lowest BCUT2D eigenvalue weighted by Crippen LogP contribution is -2.47. The Morgan fingerprint density at radius 3 is 2.83 bits per heavy atom. The molecule has 0 bridgehead atoms. The van der Waals surface area contributed by atoms with Crippen LogP contribution in [0.5, 0.6) is 0 Å². The maximum absolute atomic E-state index is 13.8. The van der Waals surface area contributed by atoms with Crippen LogP contribution in [0.3, 0.4) is 0 Å². The van der Waals surface area contributed by atoms with Crippen molar-refractivity contribution in [2.24, 2.45) is 5.73 Å². The summed E-state index contributed by atoms with van der Waals surface area (Å²) < 4.78 is 42.1. The fourth-order valence-electron chi connectivity index (χ4n) is 2.87. The van der Waals surface area contributed by atoms with E-state index in [0.29, 0.717) is 13.1 Å². The van der Waals surface area contributed by atoms with E-state index in [9.17, 15) is 12.8 Å². The molecule has 0 amide bonds. The van der Waals surface area contributed by atoms with Crippen molar-refractivity contribution in [3.05, 3.63) is 42.5 Å². The van der Waals surface area contributed by atoms with Gasteiger partial charge in [0.1, 0.15) is 16.4 Å². The molecule has 1 fully saturated rings. The molecule has 0 spiro atoms. The zero-order valence-electron chi connectivity index (χ0n) is 12.6. The molecule has 2 aromatic rings. The minimum absolute atomic E-state index is 0.0566. The number of hydrogen-bond donors (Lipinski definition) is 1. The summed E-state index contributed by atoms with van der Waals surface area (Å²) in [5, 5.41) is 4.00. The van der Waals surface area contributed by atoms with Crippen LogP contribution in [0.25, 0.3) is 5.69 Å². The highest BCUT2D eigenvalue weighted by molar-refractivity contribution is 7.89. The molecule has 3 rings (SSSR count). The second-order valence-electron chi connectivity index (χ2n) is 5.57. The molecule has 1 atom stereocenters. The number of nitrogens with two attached hydrogens (primary N) is 1. The van der Waals surface area contributed by atoms with Gasteiger partial charge >= 0.3 is 0 Å². The number of nitrogens with zero attached hydrogens (tertiary/aromatic N) is 3. The molecule has 0 radical (unpaired) electrons. The largest absolute Gasteiger partial charge is 0.329 e. The standard InChI is InChI=1S/C15H19FN4O2S/c16-14-6-1-2-7-15(14)19-11-13(10-18-19)23(21,22)20-8-4-3-5-12(20)9-17/h1-2,6-7,10-12H,3-5,8-9,17H2. The number of halogens is 1. The van der Waals surface area contributed by atoms with Gasteiger partial charge in [-0.05, 0) is 25.0 Å². The van der Waals surface area contributed by atoms with Gasteiger partial charge in [-0.1, -0.05) is 18.6 Å². The van der Waals surface area contributed by atoms with E-state index >= 15 is 0 Å². The fraction of sp³-hybridized carbons (Fsp3) is 0.400. The van der Waals surface area contributed by atoms with Gasteiger partial charge in [0, 0.05) is 19.1 Å². The van der Waals surface area contributed by atoms with Crippen molar-refractivity contribution in [1.82, 2.24) is 14.1 Å². The summed E-state index contributed by atoms with van der Waals surface area (Å²) in [6.45, 7) is 0.746. The van der Waals surface area contributed by atoms with Gasteiger partial charge in [0.05, 0.1) is 12.4 Å². The second-order valence-corrected chi connectivity index (χ2v) is 7.46. The highest BCUT2D eigenvalue weighted by Gasteiger charge is 2.33. The molecule has 0 aliphatic carbocycles. The predicted octanol–water partition coefficient (Wildman–Crippen LogP) is 1.51. The summed E-state index contributed by atoms with van der Waals surface area (Å²) in [7, 11) is -3.68. The number of sulfonamides is 1. The van der Waals surface area contributed by atoms with Crippen LogP contribution in [0.1, 0.15) is 19.3 Å². The van der Waals surface area contributed by atoms with Crippen molar-refractivity contribution in [3.63, 3.8) is 0 Å². The zero-order chi connectivity index (χ0) is 16.4. The minimum atomic E-state index is -3.68. The van der Waals surface area contributed by atoms with Crippen molar-refractivity contribution >= 4 is 10.0 Å². The lowest BCUT2D eigenvalue weighted by Gasteiger charge is -2.33. The normalized spacial score (nSPS) is 19.8. The molecule has 1 aromatic carbocycles. The first-order valence-corrected chi connectivity index (χ1v) is 8.99. The number of benzene rings is 1. The van der Waals surface area contributed by atoms with Crippen LogP contribution in [-0.4, -0.2) is 41.6 Å². The van der Waals surface area contributed by atoms with Gasteiger partial charge in [-0.15, -0.1) is 0 Å². The molecule has 2 N–H and O–H groups in total. The third-order valence-electron chi connectivity index (χ3n) is 4.11. The van der Waals surface area contributed by atoms with E-state index in [1.165, 1.54) is 27.4 Å². The maximum atomic E-state index is 13.8. The Morgan fingerprint density at radius 2 is 2.09 bits per heavy atom. The Bertz CT molecular complexity index is 790. The van der Waals surface area contributed by atoms with Gasteiger partial charge in [-0.3, -0.25) is 0 Å². The van der Waals surface area contributed by atoms with Crippen LogP contribution < -0.4 is 5.73 Å². The molecule has 124 valence electrons. The van der Waals surface area contributed by atoms with E-state index < -0.39 is 15.8 Å². The van der Waals surface area contributed by atoms with Crippen molar-refractivity contribution in [3.8, 4) is 5.69 Å². The molecule has 1 aromatic heterocycles. The van der Waals surface area contributed by atoms with Crippen LogP contribution in [0.15, 0.2) is 41.6 Å². The molecule has 2 heterocycles. The van der Waals surface area contributed by atoms with Crippen molar-refractivity contribution in [1.29, 1.82) is 0 Å². The lowest BCUT2D eigenvalue weighted by molar-refractivity contribution is 0.257. The SMILES string of the molecule is NCC1CCCCN1S(=O)(=O)c1cnn(-c2ccccc2F)c1. The van der Waals surface area contributed by atoms with Crippen LogP contribution in [-0.2, 0) is 10.0 Å². The Kier molecular flexibility index (Phi) is 4.47. The van der Waals surface area contributed by atoms with Gasteiger partial charge in [0.2, 0.25) is 10.0 Å². The fourth-order valence-corrected chi connectivity index (χ4v) is 4.51. The molecule has 1 saturated heterocycles. The van der Waals surface area contributed by atoms with Crippen molar-refractivity contribution in [2.75, 3.05) is 13.1 Å². The molecular formula is C15H19FN4O2S. The summed E-state index contributed by atoms with van der Waals surface area (Å²) in [6, 6.07) is 5.90. The van der Waals surface area contributed by atoms with E-state index in [2.05, 4.69) is 5.10 Å². The quantitative estimate of drug-likeness (QED) is 0.916. The van der Waals surface area contributed by atoms with Gasteiger partial charge in [-0.25, -0.2) is 17.5 Å². The number of rotatable bonds is 4. The number of para-hydroxylation sites is 1. The monoisotopic (exact) mass is 338 g/mol. The maximum Gasteiger partial charge on any atom is 0.246 e. The van der Waals surface area contributed by atoms with E-state index in [4.69, 9.17) is 5.73 Å². The Morgan fingerprint density at radius 1 is 1.30 bits per heavy atom. The first kappa shape index (κ1) is 16.1. The third kappa shape index (κ3) is 3.01. The molecule has 1 aliphatic rings. The molecule has 8 heteroatoms. The molecule has 23 heavy (non-hydrogen) atoms. The Hall–Kier alpha value is -1.77. The van der Waals surface area contributed by atoms with Crippen LogP contribution in [0.4, 0.5) is 4.39 Å². The van der Waals surface area contributed by atoms with Crippen LogP contribution in [0, 0.1) is 5.82 Å². The average molecular weight is 338 g/mol. The zero-order valence-corrected chi connectivity index (χ0v) is 13.4. The van der Waals surface area contributed by atoms with Gasteiger partial charge in [0.25, 0.3) is 0 Å². The second kappa shape index (κ2) is 6.38. The topological polar surface area (TPSA) is 81.2 Å². The summed E-state index contributed by atoms with van der Waals surface area (Å²) in [6.07, 6.45) is 5.15. The first-order valence-electron chi connectivity index (χ1n) is 7.55. The molecule has 1 unspecified atom stereocenters. The first-order chi connectivity index (χ1) is 11.0. The summed E-state index contributed by atoms with van der Waals surface area (Å²) in [5.41, 5.74) is 5.92. The highest BCUT2D eigenvalue weighted by atomic mass is 32.2. The summed E-state index contributed by atoms with van der Waals surface area (Å²) in [5.74, 6) is -0.461. The van der Waals surface area contributed by atoms with Gasteiger partial charge in [0.15, 0.2) is 0 Å². The predicted molar refractivity (Wildman–Crippen MR) is 84.1 cm³/mol. The van der Waals surface area contributed by atoms with Crippen molar-refractivity contribution in [2.45, 2.75) is 30.2 Å². The molecule has 1 aliphatic heterocycles.